The molecule has 1 aromatic rings. The smallest absolute Gasteiger partial charge is 0.108 e. The number of benzene rings is 1. The summed E-state index contributed by atoms with van der Waals surface area (Å²) in [5.74, 6) is 0. The predicted molar refractivity (Wildman–Crippen MR) is 65.8 cm³/mol. The van der Waals surface area contributed by atoms with E-state index in [4.69, 9.17) is 4.74 Å². The zero-order chi connectivity index (χ0) is 11.7. The molecule has 0 atom stereocenters. The largest absolute Gasteiger partial charge is 0.385 e. The van der Waals surface area contributed by atoms with Crippen molar-refractivity contribution in [3.63, 3.8) is 0 Å². The first-order valence-electron chi connectivity index (χ1n) is 6.16. The van der Waals surface area contributed by atoms with Crippen molar-refractivity contribution in [3.05, 3.63) is 29.3 Å². The number of hydrogen-bond acceptors (Lipinski definition) is 3. The van der Waals surface area contributed by atoms with Crippen LogP contribution in [0.2, 0.25) is 0 Å². The molecule has 0 spiro atoms. The Balaban J connectivity index is 1.82. The van der Waals surface area contributed by atoms with Gasteiger partial charge in [0.1, 0.15) is 5.41 Å². The second-order valence-corrected chi connectivity index (χ2v) is 5.08. The molecular formula is C14H16N2O. The molecule has 0 unspecified atom stereocenters. The van der Waals surface area contributed by atoms with E-state index in [0.717, 1.165) is 19.4 Å². The lowest BCUT2D eigenvalue weighted by atomic mass is 9.81. The zero-order valence-electron chi connectivity index (χ0n) is 9.83. The van der Waals surface area contributed by atoms with Crippen molar-refractivity contribution in [1.82, 2.24) is 0 Å². The van der Waals surface area contributed by atoms with Crippen molar-refractivity contribution in [1.29, 1.82) is 5.26 Å². The summed E-state index contributed by atoms with van der Waals surface area (Å²) in [7, 11) is 0. The minimum Gasteiger partial charge on any atom is -0.385 e. The molecule has 2 aliphatic heterocycles. The molecule has 0 aliphatic carbocycles. The van der Waals surface area contributed by atoms with E-state index in [0.29, 0.717) is 13.2 Å². The number of nitrogens with one attached hydrogen (secondary N) is 1. The van der Waals surface area contributed by atoms with Crippen LogP contribution in [0.25, 0.3) is 0 Å². The molecule has 1 fully saturated rings. The summed E-state index contributed by atoms with van der Waals surface area (Å²) in [5.41, 5.74) is 3.64. The fourth-order valence-corrected chi connectivity index (χ4v) is 2.58. The summed E-state index contributed by atoms with van der Waals surface area (Å²) < 4.78 is 5.18. The Morgan fingerprint density at radius 1 is 1.41 bits per heavy atom. The number of fused-ring (bicyclic) bond motifs is 1. The maximum Gasteiger partial charge on any atom is 0.108 e. The number of ether oxygens (including phenoxy) is 1. The van der Waals surface area contributed by atoms with E-state index in [9.17, 15) is 5.26 Å². The molecule has 0 radical (unpaired) electrons. The first-order valence-corrected chi connectivity index (χ1v) is 6.16. The maximum absolute atomic E-state index is 9.19. The van der Waals surface area contributed by atoms with E-state index in [1.54, 1.807) is 0 Å². The van der Waals surface area contributed by atoms with E-state index in [-0.39, 0.29) is 5.41 Å². The summed E-state index contributed by atoms with van der Waals surface area (Å²) in [6.45, 7) is 2.24. The van der Waals surface area contributed by atoms with Crippen LogP contribution < -0.4 is 5.32 Å². The standard InChI is InChI=1S/C14H16N2O/c15-8-14(9-17-10-14)7-11-3-4-13-12(6-11)2-1-5-16-13/h3-4,6,16H,1-2,5,7,9-10H2. The molecular weight excluding hydrogens is 212 g/mol. The molecule has 3 heteroatoms. The number of hydrogen-bond donors (Lipinski definition) is 1. The van der Waals surface area contributed by atoms with Crippen LogP contribution in [0.3, 0.4) is 0 Å². The lowest BCUT2D eigenvalue weighted by Gasteiger charge is -2.35. The SMILES string of the molecule is N#CC1(Cc2ccc3c(c2)CCCN3)COC1. The third-order valence-electron chi connectivity index (χ3n) is 3.64. The third kappa shape index (κ3) is 1.89. The number of anilines is 1. The number of aryl methyl sites for hydroxylation is 1. The first kappa shape index (κ1) is 10.6. The van der Waals surface area contributed by atoms with Crippen LogP contribution in [0.5, 0.6) is 0 Å². The predicted octanol–water partition coefficient (Wildman–Crippen LogP) is 2.13. The molecule has 0 aromatic heterocycles. The molecule has 1 N–H and O–H groups in total. The molecule has 3 rings (SSSR count). The fourth-order valence-electron chi connectivity index (χ4n) is 2.58. The van der Waals surface area contributed by atoms with Gasteiger partial charge in [-0.05, 0) is 36.5 Å². The molecule has 0 amide bonds. The van der Waals surface area contributed by atoms with Gasteiger partial charge in [0, 0.05) is 12.2 Å². The van der Waals surface area contributed by atoms with Gasteiger partial charge in [0.25, 0.3) is 0 Å². The topological polar surface area (TPSA) is 45.0 Å². The summed E-state index contributed by atoms with van der Waals surface area (Å²) in [6, 6.07) is 8.93. The summed E-state index contributed by atoms with van der Waals surface area (Å²) in [5, 5.41) is 12.6. The maximum atomic E-state index is 9.19. The Hall–Kier alpha value is -1.53. The van der Waals surface area contributed by atoms with Gasteiger partial charge in [0.15, 0.2) is 0 Å². The summed E-state index contributed by atoms with van der Waals surface area (Å²) >= 11 is 0. The number of nitrogens with zero attached hydrogens (tertiary/aromatic N) is 1. The first-order chi connectivity index (χ1) is 8.31. The van der Waals surface area contributed by atoms with E-state index in [1.165, 1.54) is 23.2 Å². The van der Waals surface area contributed by atoms with E-state index in [2.05, 4.69) is 29.6 Å². The number of rotatable bonds is 2. The highest BCUT2D eigenvalue weighted by molar-refractivity contribution is 5.54. The monoisotopic (exact) mass is 228 g/mol. The third-order valence-corrected chi connectivity index (χ3v) is 3.64. The van der Waals surface area contributed by atoms with Crippen molar-refractivity contribution in [3.8, 4) is 6.07 Å². The highest BCUT2D eigenvalue weighted by Gasteiger charge is 2.39. The van der Waals surface area contributed by atoms with Gasteiger partial charge in [-0.1, -0.05) is 12.1 Å². The molecule has 1 saturated heterocycles. The molecule has 2 heterocycles. The van der Waals surface area contributed by atoms with Gasteiger partial charge in [-0.2, -0.15) is 5.26 Å². The van der Waals surface area contributed by atoms with Gasteiger partial charge in [-0.15, -0.1) is 0 Å². The average molecular weight is 228 g/mol. The normalized spacial score (nSPS) is 20.6. The van der Waals surface area contributed by atoms with Gasteiger partial charge in [0.05, 0.1) is 19.3 Å². The quantitative estimate of drug-likeness (QED) is 0.843. The Morgan fingerprint density at radius 2 is 2.29 bits per heavy atom. The van der Waals surface area contributed by atoms with Crippen LogP contribution in [0.15, 0.2) is 18.2 Å². The van der Waals surface area contributed by atoms with Crippen molar-refractivity contribution < 1.29 is 4.74 Å². The van der Waals surface area contributed by atoms with Crippen molar-refractivity contribution >= 4 is 5.69 Å². The van der Waals surface area contributed by atoms with Gasteiger partial charge < -0.3 is 10.1 Å². The van der Waals surface area contributed by atoms with Gasteiger partial charge in [-0.25, -0.2) is 0 Å². The minimum atomic E-state index is -0.268. The van der Waals surface area contributed by atoms with E-state index >= 15 is 0 Å². The highest BCUT2D eigenvalue weighted by Crippen LogP contribution is 2.32. The van der Waals surface area contributed by atoms with Crippen LogP contribution >= 0.6 is 0 Å². The van der Waals surface area contributed by atoms with E-state index < -0.39 is 0 Å². The molecule has 2 aliphatic rings. The van der Waals surface area contributed by atoms with Gasteiger partial charge >= 0.3 is 0 Å². The van der Waals surface area contributed by atoms with Crippen molar-refractivity contribution in [2.75, 3.05) is 25.1 Å². The summed E-state index contributed by atoms with van der Waals surface area (Å²) in [6.07, 6.45) is 3.16. The zero-order valence-corrected chi connectivity index (χ0v) is 9.83. The molecule has 3 nitrogen and oxygen atoms in total. The Bertz CT molecular complexity index is 472. The number of nitriles is 1. The molecule has 17 heavy (non-hydrogen) atoms. The molecule has 0 saturated carbocycles. The van der Waals surface area contributed by atoms with Gasteiger partial charge in [0.2, 0.25) is 0 Å². The fraction of sp³-hybridized carbons (Fsp3) is 0.500. The highest BCUT2D eigenvalue weighted by atomic mass is 16.5. The van der Waals surface area contributed by atoms with Crippen molar-refractivity contribution in [2.45, 2.75) is 19.3 Å². The Labute approximate surface area is 101 Å². The minimum absolute atomic E-state index is 0.268. The van der Waals surface area contributed by atoms with Gasteiger partial charge in [-0.3, -0.25) is 0 Å². The second kappa shape index (κ2) is 4.05. The Kier molecular flexibility index (Phi) is 2.53. The van der Waals surface area contributed by atoms with Crippen LogP contribution in [-0.2, 0) is 17.6 Å². The van der Waals surface area contributed by atoms with Crippen LogP contribution in [-0.4, -0.2) is 19.8 Å². The Morgan fingerprint density at radius 3 is 3.00 bits per heavy atom. The lowest BCUT2D eigenvalue weighted by Crippen LogP contribution is -2.43. The van der Waals surface area contributed by atoms with Crippen LogP contribution in [0.1, 0.15) is 17.5 Å². The average Bonchev–Trinajstić information content (AvgIpc) is 2.34. The molecule has 88 valence electrons. The summed E-state index contributed by atoms with van der Waals surface area (Å²) in [4.78, 5) is 0. The molecule has 0 bridgehead atoms. The molecule has 1 aromatic carbocycles. The lowest BCUT2D eigenvalue weighted by molar-refractivity contribution is -0.0765. The second-order valence-electron chi connectivity index (χ2n) is 5.08. The van der Waals surface area contributed by atoms with Crippen LogP contribution in [0, 0.1) is 16.7 Å². The van der Waals surface area contributed by atoms with E-state index in [1.807, 2.05) is 0 Å². The van der Waals surface area contributed by atoms with Crippen molar-refractivity contribution in [2.24, 2.45) is 5.41 Å². The van der Waals surface area contributed by atoms with Crippen LogP contribution in [0.4, 0.5) is 5.69 Å².